The molecule has 0 radical (unpaired) electrons. The highest BCUT2D eigenvalue weighted by molar-refractivity contribution is 7.09. The predicted octanol–water partition coefficient (Wildman–Crippen LogP) is 3.81. The lowest BCUT2D eigenvalue weighted by atomic mass is 10.3. The fourth-order valence-corrected chi connectivity index (χ4v) is 3.14. The molecule has 0 aromatic carbocycles. The zero-order valence-corrected chi connectivity index (χ0v) is 13.5. The monoisotopic (exact) mass is 322 g/mol. The van der Waals surface area contributed by atoms with Crippen LogP contribution in [0.4, 0.5) is 0 Å². The van der Waals surface area contributed by atoms with Crippen molar-refractivity contribution in [1.29, 1.82) is 0 Å². The van der Waals surface area contributed by atoms with Gasteiger partial charge in [-0.05, 0) is 19.9 Å². The summed E-state index contributed by atoms with van der Waals surface area (Å²) in [6, 6.07) is 3.72. The second-order valence-electron chi connectivity index (χ2n) is 4.70. The maximum atomic E-state index is 6.30. The van der Waals surface area contributed by atoms with Gasteiger partial charge in [0.05, 0.1) is 18.5 Å². The summed E-state index contributed by atoms with van der Waals surface area (Å²) < 4.78 is 7.26. The van der Waals surface area contributed by atoms with Gasteiger partial charge in [-0.2, -0.15) is 4.98 Å². The van der Waals surface area contributed by atoms with Crippen molar-refractivity contribution in [2.24, 2.45) is 0 Å². The standard InChI is InChI=1S/C14H15ClN4OS/c1-8(15)12-17-10-4-5-11(20-3)18-13(10)19(12)9(2)14-16-6-7-21-14/h4-9H,1-3H3. The smallest absolute Gasteiger partial charge is 0.215 e. The van der Waals surface area contributed by atoms with E-state index in [4.69, 9.17) is 16.3 Å². The number of ether oxygens (including phenoxy) is 1. The molecule has 0 fully saturated rings. The number of methoxy groups -OCH3 is 1. The van der Waals surface area contributed by atoms with Crippen molar-refractivity contribution in [3.05, 3.63) is 34.5 Å². The summed E-state index contributed by atoms with van der Waals surface area (Å²) in [5, 5.41) is 2.74. The summed E-state index contributed by atoms with van der Waals surface area (Å²) >= 11 is 7.91. The first-order chi connectivity index (χ1) is 10.1. The lowest BCUT2D eigenvalue weighted by Gasteiger charge is -2.16. The number of fused-ring (bicyclic) bond motifs is 1. The van der Waals surface area contributed by atoms with E-state index in [0.717, 1.165) is 22.0 Å². The number of imidazole rings is 1. The van der Waals surface area contributed by atoms with Gasteiger partial charge >= 0.3 is 0 Å². The van der Waals surface area contributed by atoms with Gasteiger partial charge in [0.25, 0.3) is 0 Å². The molecule has 0 saturated carbocycles. The Balaban J connectivity index is 2.24. The number of pyridine rings is 1. The molecule has 7 heteroatoms. The molecule has 0 N–H and O–H groups in total. The van der Waals surface area contributed by atoms with E-state index in [9.17, 15) is 0 Å². The molecule has 3 rings (SSSR count). The first kappa shape index (κ1) is 14.3. The fraction of sp³-hybridized carbons (Fsp3) is 0.357. The van der Waals surface area contributed by atoms with E-state index in [1.165, 1.54) is 0 Å². The molecule has 2 unspecified atom stereocenters. The minimum atomic E-state index is -0.215. The number of nitrogens with zero attached hydrogens (tertiary/aromatic N) is 4. The molecular weight excluding hydrogens is 308 g/mol. The van der Waals surface area contributed by atoms with E-state index in [1.807, 2.05) is 22.9 Å². The Morgan fingerprint density at radius 1 is 1.29 bits per heavy atom. The predicted molar refractivity (Wildman–Crippen MR) is 84.3 cm³/mol. The van der Waals surface area contributed by atoms with E-state index in [0.29, 0.717) is 5.88 Å². The molecule has 3 aromatic heterocycles. The fourth-order valence-electron chi connectivity index (χ4n) is 2.30. The highest BCUT2D eigenvalue weighted by Crippen LogP contribution is 2.31. The molecule has 0 aliphatic rings. The molecule has 0 bridgehead atoms. The van der Waals surface area contributed by atoms with Gasteiger partial charge in [-0.1, -0.05) is 0 Å². The van der Waals surface area contributed by atoms with Crippen LogP contribution in [0.1, 0.15) is 36.1 Å². The Morgan fingerprint density at radius 3 is 2.71 bits per heavy atom. The zero-order valence-electron chi connectivity index (χ0n) is 11.9. The van der Waals surface area contributed by atoms with Crippen molar-refractivity contribution in [2.45, 2.75) is 25.3 Å². The van der Waals surface area contributed by atoms with Gasteiger partial charge in [0.2, 0.25) is 5.88 Å². The third-order valence-electron chi connectivity index (χ3n) is 3.30. The molecule has 0 spiro atoms. The second-order valence-corrected chi connectivity index (χ2v) is 6.28. The molecule has 0 aliphatic heterocycles. The Labute approximate surface area is 131 Å². The van der Waals surface area contributed by atoms with Crippen LogP contribution in [0, 0.1) is 0 Å². The van der Waals surface area contributed by atoms with Crippen LogP contribution >= 0.6 is 22.9 Å². The number of halogens is 1. The minimum Gasteiger partial charge on any atom is -0.481 e. The summed E-state index contributed by atoms with van der Waals surface area (Å²) in [7, 11) is 1.60. The Hall–Kier alpha value is -1.66. The topological polar surface area (TPSA) is 52.8 Å². The lowest BCUT2D eigenvalue weighted by molar-refractivity contribution is 0.398. The zero-order chi connectivity index (χ0) is 15.0. The van der Waals surface area contributed by atoms with Crippen molar-refractivity contribution in [2.75, 3.05) is 7.11 Å². The van der Waals surface area contributed by atoms with Crippen molar-refractivity contribution < 1.29 is 4.74 Å². The number of hydrogen-bond donors (Lipinski definition) is 0. The van der Waals surface area contributed by atoms with Crippen LogP contribution in [0.3, 0.4) is 0 Å². The number of alkyl halides is 1. The third kappa shape index (κ3) is 2.49. The van der Waals surface area contributed by atoms with Crippen LogP contribution in [0.15, 0.2) is 23.7 Å². The van der Waals surface area contributed by atoms with Crippen molar-refractivity contribution in [1.82, 2.24) is 19.5 Å². The largest absolute Gasteiger partial charge is 0.481 e. The van der Waals surface area contributed by atoms with E-state index in [2.05, 4.69) is 21.9 Å². The molecular formula is C14H15ClN4OS. The quantitative estimate of drug-likeness (QED) is 0.685. The first-order valence-corrected chi connectivity index (χ1v) is 7.89. The van der Waals surface area contributed by atoms with Crippen molar-refractivity contribution in [3.63, 3.8) is 0 Å². The number of hydrogen-bond acceptors (Lipinski definition) is 5. The summed E-state index contributed by atoms with van der Waals surface area (Å²) in [6.07, 6.45) is 1.80. The molecule has 0 aliphatic carbocycles. The van der Waals surface area contributed by atoms with Crippen LogP contribution in [-0.4, -0.2) is 26.6 Å². The first-order valence-electron chi connectivity index (χ1n) is 6.58. The molecule has 0 saturated heterocycles. The summed E-state index contributed by atoms with van der Waals surface area (Å²) in [5.41, 5.74) is 1.57. The molecule has 0 amide bonds. The maximum Gasteiger partial charge on any atom is 0.215 e. The second kappa shape index (κ2) is 5.61. The Bertz CT molecular complexity index is 754. The highest BCUT2D eigenvalue weighted by atomic mass is 35.5. The SMILES string of the molecule is COc1ccc2nc(C(C)Cl)n(C(C)c3nccs3)c2n1. The molecule has 5 nitrogen and oxygen atoms in total. The van der Waals surface area contributed by atoms with E-state index in [-0.39, 0.29) is 11.4 Å². The van der Waals surface area contributed by atoms with Gasteiger partial charge in [-0.3, -0.25) is 0 Å². The van der Waals surface area contributed by atoms with Gasteiger partial charge in [0.1, 0.15) is 16.3 Å². The van der Waals surface area contributed by atoms with Crippen LogP contribution in [0.2, 0.25) is 0 Å². The molecule has 110 valence electrons. The maximum absolute atomic E-state index is 6.30. The van der Waals surface area contributed by atoms with E-state index in [1.54, 1.807) is 30.7 Å². The van der Waals surface area contributed by atoms with Crippen LogP contribution < -0.4 is 4.74 Å². The number of rotatable bonds is 4. The molecule has 3 heterocycles. The average molecular weight is 323 g/mol. The van der Waals surface area contributed by atoms with E-state index < -0.39 is 0 Å². The number of thiazole rings is 1. The van der Waals surface area contributed by atoms with Crippen molar-refractivity contribution >= 4 is 34.1 Å². The van der Waals surface area contributed by atoms with Gasteiger partial charge in [0.15, 0.2) is 5.65 Å². The van der Waals surface area contributed by atoms with E-state index >= 15 is 0 Å². The van der Waals surface area contributed by atoms with Crippen LogP contribution in [0.5, 0.6) is 5.88 Å². The van der Waals surface area contributed by atoms with Crippen LogP contribution in [0.25, 0.3) is 11.2 Å². The number of aromatic nitrogens is 4. The van der Waals surface area contributed by atoms with Gasteiger partial charge in [0, 0.05) is 17.6 Å². The summed E-state index contributed by atoms with van der Waals surface area (Å²) in [4.78, 5) is 13.5. The summed E-state index contributed by atoms with van der Waals surface area (Å²) in [5.74, 6) is 1.35. The van der Waals surface area contributed by atoms with Crippen molar-refractivity contribution in [3.8, 4) is 5.88 Å². The van der Waals surface area contributed by atoms with Gasteiger partial charge in [-0.15, -0.1) is 22.9 Å². The minimum absolute atomic E-state index is 0.0193. The van der Waals surface area contributed by atoms with Crippen LogP contribution in [-0.2, 0) is 0 Å². The molecule has 3 aromatic rings. The highest BCUT2D eigenvalue weighted by Gasteiger charge is 2.22. The molecule has 21 heavy (non-hydrogen) atoms. The normalized spacial score (nSPS) is 14.3. The Morgan fingerprint density at radius 2 is 2.10 bits per heavy atom. The molecule has 2 atom stereocenters. The average Bonchev–Trinajstić information content (AvgIpc) is 3.13. The third-order valence-corrected chi connectivity index (χ3v) is 4.44. The Kier molecular flexibility index (Phi) is 3.82. The van der Waals surface area contributed by atoms with Gasteiger partial charge < -0.3 is 9.30 Å². The lowest BCUT2D eigenvalue weighted by Crippen LogP contribution is -2.11. The van der Waals surface area contributed by atoms with Gasteiger partial charge in [-0.25, -0.2) is 9.97 Å². The summed E-state index contributed by atoms with van der Waals surface area (Å²) in [6.45, 7) is 3.98.